The van der Waals surface area contributed by atoms with Gasteiger partial charge in [0.05, 0.1) is 30.2 Å². The van der Waals surface area contributed by atoms with E-state index in [9.17, 15) is 22.0 Å². The lowest BCUT2D eigenvalue weighted by Gasteiger charge is -2.34. The first-order valence-corrected chi connectivity index (χ1v) is 13.3. The van der Waals surface area contributed by atoms with Gasteiger partial charge in [0.2, 0.25) is 5.88 Å². The van der Waals surface area contributed by atoms with Crippen molar-refractivity contribution in [3.05, 3.63) is 59.3 Å². The lowest BCUT2D eigenvalue weighted by molar-refractivity contribution is -0.146. The zero-order chi connectivity index (χ0) is 28.5. The molecule has 40 heavy (non-hydrogen) atoms. The van der Waals surface area contributed by atoms with Crippen molar-refractivity contribution in [2.24, 2.45) is 5.92 Å². The first-order valence-electron chi connectivity index (χ1n) is 13.3. The SMILES string of the molecule is CC(C)Oc1ncc(-n2nnnc2C(F)(F)F)cc1C1COC2(CCC(CNCCF)C2c2ccc(F)cc2)C1. The van der Waals surface area contributed by atoms with Crippen LogP contribution in [0, 0.1) is 11.7 Å². The Morgan fingerprint density at radius 1 is 1.23 bits per heavy atom. The summed E-state index contributed by atoms with van der Waals surface area (Å²) in [6.45, 7) is 4.33. The predicted molar refractivity (Wildman–Crippen MR) is 134 cm³/mol. The lowest BCUT2D eigenvalue weighted by atomic mass is 9.76. The maximum absolute atomic E-state index is 13.8. The van der Waals surface area contributed by atoms with Gasteiger partial charge in [-0.2, -0.15) is 17.9 Å². The molecular weight excluding hydrogens is 535 g/mol. The van der Waals surface area contributed by atoms with Gasteiger partial charge in [0, 0.05) is 23.9 Å². The third-order valence-electron chi connectivity index (χ3n) is 7.67. The van der Waals surface area contributed by atoms with Crippen molar-refractivity contribution in [1.29, 1.82) is 0 Å². The lowest BCUT2D eigenvalue weighted by Crippen LogP contribution is -2.36. The molecule has 216 valence electrons. The van der Waals surface area contributed by atoms with E-state index in [0.29, 0.717) is 35.7 Å². The summed E-state index contributed by atoms with van der Waals surface area (Å²) >= 11 is 0. The smallest absolute Gasteiger partial charge is 0.453 e. The molecular formula is C27H31F5N6O2. The molecule has 4 unspecified atom stereocenters. The van der Waals surface area contributed by atoms with Crippen LogP contribution in [-0.4, -0.2) is 63.3 Å². The minimum atomic E-state index is -4.76. The van der Waals surface area contributed by atoms with E-state index >= 15 is 0 Å². The van der Waals surface area contributed by atoms with Gasteiger partial charge >= 0.3 is 6.18 Å². The maximum Gasteiger partial charge on any atom is 0.453 e. The first kappa shape index (κ1) is 28.3. The fourth-order valence-corrected chi connectivity index (χ4v) is 6.12. The Hall–Kier alpha value is -3.19. The first-order chi connectivity index (χ1) is 19.1. The molecule has 1 saturated heterocycles. The Balaban J connectivity index is 1.49. The van der Waals surface area contributed by atoms with Crippen LogP contribution in [0.5, 0.6) is 5.88 Å². The summed E-state index contributed by atoms with van der Waals surface area (Å²) in [7, 11) is 0. The van der Waals surface area contributed by atoms with Gasteiger partial charge in [-0.3, -0.25) is 0 Å². The highest BCUT2D eigenvalue weighted by Crippen LogP contribution is 2.56. The summed E-state index contributed by atoms with van der Waals surface area (Å²) in [6.07, 6.45) is -1.63. The molecule has 1 N–H and O–H groups in total. The van der Waals surface area contributed by atoms with Crippen LogP contribution in [0.15, 0.2) is 36.5 Å². The molecule has 1 aliphatic carbocycles. The molecule has 4 atom stereocenters. The number of tetrazole rings is 1. The molecule has 2 fully saturated rings. The molecule has 3 aromatic rings. The number of hydrogen-bond donors (Lipinski definition) is 1. The van der Waals surface area contributed by atoms with E-state index < -0.39 is 24.3 Å². The molecule has 1 saturated carbocycles. The number of pyridine rings is 1. The van der Waals surface area contributed by atoms with Crippen molar-refractivity contribution in [2.45, 2.75) is 62.8 Å². The number of rotatable bonds is 9. The van der Waals surface area contributed by atoms with E-state index in [1.807, 2.05) is 13.8 Å². The van der Waals surface area contributed by atoms with Crippen LogP contribution in [0.3, 0.4) is 0 Å². The van der Waals surface area contributed by atoms with E-state index in [1.54, 1.807) is 18.2 Å². The number of aromatic nitrogens is 5. The molecule has 2 aliphatic rings. The molecule has 8 nitrogen and oxygen atoms in total. The maximum atomic E-state index is 13.8. The highest BCUT2D eigenvalue weighted by molar-refractivity contribution is 5.42. The van der Waals surface area contributed by atoms with E-state index in [0.717, 1.165) is 18.4 Å². The van der Waals surface area contributed by atoms with Crippen LogP contribution in [0.4, 0.5) is 22.0 Å². The van der Waals surface area contributed by atoms with Gasteiger partial charge in [0.1, 0.15) is 12.5 Å². The summed E-state index contributed by atoms with van der Waals surface area (Å²) < 4.78 is 80.3. The normalized spacial score (nSPS) is 24.9. The van der Waals surface area contributed by atoms with Gasteiger partial charge in [0.25, 0.3) is 5.82 Å². The van der Waals surface area contributed by atoms with Crippen LogP contribution >= 0.6 is 0 Å². The van der Waals surface area contributed by atoms with E-state index in [4.69, 9.17) is 9.47 Å². The van der Waals surface area contributed by atoms with Crippen LogP contribution in [0.25, 0.3) is 5.69 Å². The van der Waals surface area contributed by atoms with Gasteiger partial charge < -0.3 is 14.8 Å². The number of nitrogens with one attached hydrogen (secondary N) is 1. The van der Waals surface area contributed by atoms with E-state index in [-0.39, 0.29) is 41.9 Å². The quantitative estimate of drug-likeness (QED) is 0.288. The third kappa shape index (κ3) is 5.67. The molecule has 2 aromatic heterocycles. The summed E-state index contributed by atoms with van der Waals surface area (Å²) in [5.74, 6) is -1.50. The van der Waals surface area contributed by atoms with Crippen molar-refractivity contribution < 1.29 is 31.4 Å². The summed E-state index contributed by atoms with van der Waals surface area (Å²) in [4.78, 5) is 4.36. The van der Waals surface area contributed by atoms with Crippen LogP contribution in [0.2, 0.25) is 0 Å². The summed E-state index contributed by atoms with van der Waals surface area (Å²) in [5.41, 5.74) is 0.991. The fraction of sp³-hybridized carbons (Fsp3) is 0.556. The highest BCUT2D eigenvalue weighted by Gasteiger charge is 2.54. The molecule has 5 rings (SSSR count). The second kappa shape index (κ2) is 11.4. The second-order valence-corrected chi connectivity index (χ2v) is 10.7. The second-order valence-electron chi connectivity index (χ2n) is 10.7. The number of halogens is 5. The van der Waals surface area contributed by atoms with E-state index in [1.165, 1.54) is 18.3 Å². The number of hydrogen-bond acceptors (Lipinski definition) is 7. The van der Waals surface area contributed by atoms with Gasteiger partial charge in [0.15, 0.2) is 0 Å². The standard InChI is InChI=1S/C27H31F5N6O2/c1-16(2)40-24-22(11-21(14-34-24)38-25(27(30,31)32)35-36-37-38)19-12-26(39-15-19)8-7-18(13-33-10-9-28)23(26)17-3-5-20(29)6-4-17/h3-6,11,14,16,18-19,23,33H,7-10,12-13,15H2,1-2H3. The monoisotopic (exact) mass is 566 g/mol. The molecule has 0 radical (unpaired) electrons. The average molecular weight is 567 g/mol. The van der Waals surface area contributed by atoms with Crippen molar-refractivity contribution in [3.63, 3.8) is 0 Å². The number of ether oxygens (including phenoxy) is 2. The fourth-order valence-electron chi connectivity index (χ4n) is 6.12. The van der Waals surface area contributed by atoms with Crippen LogP contribution < -0.4 is 10.1 Å². The van der Waals surface area contributed by atoms with Gasteiger partial charge in [-0.1, -0.05) is 12.1 Å². The van der Waals surface area contributed by atoms with E-state index in [2.05, 4.69) is 25.8 Å². The molecule has 13 heteroatoms. The molecule has 1 aromatic carbocycles. The Bertz CT molecular complexity index is 1300. The van der Waals surface area contributed by atoms with Crippen molar-refractivity contribution in [2.75, 3.05) is 26.4 Å². The molecule has 0 bridgehead atoms. The summed E-state index contributed by atoms with van der Waals surface area (Å²) in [6, 6.07) is 7.94. The average Bonchev–Trinajstić information content (AvgIpc) is 3.64. The van der Waals surface area contributed by atoms with Crippen molar-refractivity contribution in [3.8, 4) is 11.6 Å². The third-order valence-corrected chi connectivity index (χ3v) is 7.67. The van der Waals surface area contributed by atoms with Crippen molar-refractivity contribution >= 4 is 0 Å². The van der Waals surface area contributed by atoms with Gasteiger partial charge in [-0.05, 0) is 79.8 Å². The predicted octanol–water partition coefficient (Wildman–Crippen LogP) is 5.00. The Morgan fingerprint density at radius 3 is 2.70 bits per heavy atom. The number of nitrogens with zero attached hydrogens (tertiary/aromatic N) is 5. The minimum absolute atomic E-state index is 0.0548. The molecule has 1 spiro atoms. The van der Waals surface area contributed by atoms with Crippen LogP contribution in [-0.2, 0) is 10.9 Å². The molecule has 3 heterocycles. The van der Waals surface area contributed by atoms with Crippen molar-refractivity contribution in [1.82, 2.24) is 30.5 Å². The number of alkyl halides is 4. The highest BCUT2D eigenvalue weighted by atomic mass is 19.4. The summed E-state index contributed by atoms with van der Waals surface area (Å²) in [5, 5.41) is 13.1. The Kier molecular flexibility index (Phi) is 8.05. The van der Waals surface area contributed by atoms with Crippen LogP contribution in [0.1, 0.15) is 61.9 Å². The minimum Gasteiger partial charge on any atom is -0.475 e. The zero-order valence-electron chi connectivity index (χ0n) is 22.2. The topological polar surface area (TPSA) is 87.0 Å². The Labute approximate surface area is 228 Å². The zero-order valence-corrected chi connectivity index (χ0v) is 22.2. The van der Waals surface area contributed by atoms with Gasteiger partial charge in [-0.25, -0.2) is 13.8 Å². The van der Waals surface area contributed by atoms with Gasteiger partial charge in [-0.15, -0.1) is 5.10 Å². The Morgan fingerprint density at radius 2 is 2.00 bits per heavy atom. The molecule has 0 amide bonds. The number of benzene rings is 1. The molecule has 1 aliphatic heterocycles. The largest absolute Gasteiger partial charge is 0.475 e.